The number of aryl methyl sites for hydroxylation is 1. The van der Waals surface area contributed by atoms with E-state index in [0.717, 1.165) is 5.56 Å². The SMILES string of the molecule is Cc1cc(B2OC(C)(C)C(C)(C)O2)c(F)cc1[C@@H](C)NC(=O)c1nc(C(C)(C)C)no1. The zero-order valence-electron chi connectivity index (χ0n) is 19.7. The average molecular weight is 431 g/mol. The van der Waals surface area contributed by atoms with E-state index in [1.807, 2.05) is 55.4 Å². The number of hydrogen-bond donors (Lipinski definition) is 1. The van der Waals surface area contributed by atoms with Crippen LogP contribution in [0.1, 0.15) is 89.1 Å². The van der Waals surface area contributed by atoms with Gasteiger partial charge in [0.2, 0.25) is 0 Å². The number of nitrogens with zero attached hydrogens (tertiary/aromatic N) is 2. The van der Waals surface area contributed by atoms with E-state index in [1.54, 1.807) is 13.0 Å². The molecule has 2 aromatic rings. The molecule has 9 heteroatoms. The van der Waals surface area contributed by atoms with E-state index in [4.69, 9.17) is 13.8 Å². The maximum atomic E-state index is 15.0. The third kappa shape index (κ3) is 4.53. The summed E-state index contributed by atoms with van der Waals surface area (Å²) in [5.74, 6) is -0.638. The van der Waals surface area contributed by atoms with Gasteiger partial charge in [0, 0.05) is 10.9 Å². The number of hydrogen-bond acceptors (Lipinski definition) is 6. The lowest BCUT2D eigenvalue weighted by atomic mass is 9.77. The fraction of sp³-hybridized carbons (Fsp3) is 0.591. The summed E-state index contributed by atoms with van der Waals surface area (Å²) >= 11 is 0. The van der Waals surface area contributed by atoms with E-state index < -0.39 is 36.1 Å². The summed E-state index contributed by atoms with van der Waals surface area (Å²) in [5.41, 5.74) is 0.324. The monoisotopic (exact) mass is 431 g/mol. The van der Waals surface area contributed by atoms with E-state index in [9.17, 15) is 4.79 Å². The van der Waals surface area contributed by atoms with Crippen molar-refractivity contribution in [1.29, 1.82) is 0 Å². The van der Waals surface area contributed by atoms with Crippen molar-refractivity contribution < 1.29 is 23.0 Å². The van der Waals surface area contributed by atoms with Gasteiger partial charge in [-0.05, 0) is 58.7 Å². The molecule has 0 spiro atoms. The van der Waals surface area contributed by atoms with Crippen LogP contribution in [-0.4, -0.2) is 34.4 Å². The molecule has 0 unspecified atom stereocenters. The maximum Gasteiger partial charge on any atom is 0.497 e. The predicted octanol–water partition coefficient (Wildman–Crippen LogP) is 3.60. The summed E-state index contributed by atoms with van der Waals surface area (Å²) in [4.78, 5) is 16.7. The number of amides is 1. The summed E-state index contributed by atoms with van der Waals surface area (Å²) < 4.78 is 32.1. The first kappa shape index (κ1) is 23.4. The van der Waals surface area contributed by atoms with E-state index in [2.05, 4.69) is 15.5 Å². The Labute approximate surface area is 183 Å². The summed E-state index contributed by atoms with van der Waals surface area (Å²) in [7, 11) is -0.795. The molecule has 1 N–H and O–H groups in total. The van der Waals surface area contributed by atoms with Crippen LogP contribution in [-0.2, 0) is 14.7 Å². The number of carbonyl (C=O) groups excluding carboxylic acids is 1. The van der Waals surface area contributed by atoms with Crippen LogP contribution in [0, 0.1) is 12.7 Å². The fourth-order valence-corrected chi connectivity index (χ4v) is 3.29. The highest BCUT2D eigenvalue weighted by Crippen LogP contribution is 2.37. The van der Waals surface area contributed by atoms with Crippen LogP contribution in [0.3, 0.4) is 0 Å². The van der Waals surface area contributed by atoms with Gasteiger partial charge in [-0.25, -0.2) is 4.39 Å². The fourth-order valence-electron chi connectivity index (χ4n) is 3.29. The molecule has 168 valence electrons. The smallest absolute Gasteiger partial charge is 0.399 e. The van der Waals surface area contributed by atoms with Crippen molar-refractivity contribution in [1.82, 2.24) is 15.5 Å². The highest BCUT2D eigenvalue weighted by molar-refractivity contribution is 6.62. The van der Waals surface area contributed by atoms with Crippen LogP contribution in [0.2, 0.25) is 0 Å². The molecule has 7 nitrogen and oxygen atoms in total. The Morgan fingerprint density at radius 2 is 1.74 bits per heavy atom. The van der Waals surface area contributed by atoms with Crippen LogP contribution in [0.25, 0.3) is 0 Å². The van der Waals surface area contributed by atoms with E-state index in [1.165, 1.54) is 6.07 Å². The van der Waals surface area contributed by atoms with Gasteiger partial charge in [0.1, 0.15) is 5.82 Å². The van der Waals surface area contributed by atoms with Gasteiger partial charge < -0.3 is 19.1 Å². The summed E-state index contributed by atoms with van der Waals surface area (Å²) in [6.45, 7) is 17.1. The first-order valence-corrected chi connectivity index (χ1v) is 10.4. The number of carbonyl (C=O) groups is 1. The van der Waals surface area contributed by atoms with Gasteiger partial charge in [-0.1, -0.05) is 32.0 Å². The van der Waals surface area contributed by atoms with Crippen molar-refractivity contribution >= 4 is 18.5 Å². The molecule has 1 aliphatic heterocycles. The molecule has 0 radical (unpaired) electrons. The van der Waals surface area contributed by atoms with Crippen molar-refractivity contribution in [2.24, 2.45) is 0 Å². The number of benzene rings is 1. The third-order valence-corrected chi connectivity index (χ3v) is 6.00. The van der Waals surface area contributed by atoms with Crippen molar-refractivity contribution in [3.05, 3.63) is 40.8 Å². The Balaban J connectivity index is 1.78. The van der Waals surface area contributed by atoms with Crippen LogP contribution in [0.15, 0.2) is 16.7 Å². The quantitative estimate of drug-likeness (QED) is 0.745. The van der Waals surface area contributed by atoms with Gasteiger partial charge in [0.05, 0.1) is 17.2 Å². The second-order valence-corrected chi connectivity index (χ2v) is 10.2. The molecule has 1 saturated heterocycles. The Morgan fingerprint density at radius 3 is 2.26 bits per heavy atom. The highest BCUT2D eigenvalue weighted by atomic mass is 19.1. The van der Waals surface area contributed by atoms with Crippen molar-refractivity contribution in [3.63, 3.8) is 0 Å². The normalized spacial score (nSPS) is 18.8. The van der Waals surface area contributed by atoms with Crippen molar-refractivity contribution in [2.75, 3.05) is 0 Å². The van der Waals surface area contributed by atoms with Crippen molar-refractivity contribution in [3.8, 4) is 0 Å². The Morgan fingerprint density at radius 1 is 1.16 bits per heavy atom. The number of halogens is 1. The Hall–Kier alpha value is -2.26. The molecule has 0 bridgehead atoms. The van der Waals surface area contributed by atoms with Gasteiger partial charge in [-0.3, -0.25) is 4.79 Å². The lowest BCUT2D eigenvalue weighted by molar-refractivity contribution is 0.00578. The van der Waals surface area contributed by atoms with Crippen molar-refractivity contribution in [2.45, 2.75) is 85.0 Å². The summed E-state index contributed by atoms with van der Waals surface area (Å²) in [6.07, 6.45) is 0. The predicted molar refractivity (Wildman–Crippen MR) is 116 cm³/mol. The number of nitrogens with one attached hydrogen (secondary N) is 1. The minimum absolute atomic E-state index is 0.122. The molecule has 1 fully saturated rings. The van der Waals surface area contributed by atoms with Crippen LogP contribution < -0.4 is 10.8 Å². The summed E-state index contributed by atoms with van der Waals surface area (Å²) in [5, 5.41) is 6.66. The lowest BCUT2D eigenvalue weighted by Crippen LogP contribution is -2.41. The van der Waals surface area contributed by atoms with Gasteiger partial charge in [0.15, 0.2) is 5.82 Å². The van der Waals surface area contributed by atoms with E-state index in [-0.39, 0.29) is 11.3 Å². The molecule has 31 heavy (non-hydrogen) atoms. The molecule has 3 rings (SSSR count). The van der Waals surface area contributed by atoms with Crippen LogP contribution >= 0.6 is 0 Å². The molecule has 1 aromatic heterocycles. The summed E-state index contributed by atoms with van der Waals surface area (Å²) in [6, 6.07) is 2.65. The zero-order chi connectivity index (χ0) is 23.4. The zero-order valence-corrected chi connectivity index (χ0v) is 19.7. The van der Waals surface area contributed by atoms with Gasteiger partial charge in [-0.2, -0.15) is 4.98 Å². The second kappa shape index (κ2) is 7.71. The first-order valence-electron chi connectivity index (χ1n) is 10.4. The molecule has 1 aliphatic rings. The minimum atomic E-state index is -0.795. The maximum absolute atomic E-state index is 15.0. The van der Waals surface area contributed by atoms with Crippen LogP contribution in [0.4, 0.5) is 4.39 Å². The lowest BCUT2D eigenvalue weighted by Gasteiger charge is -2.32. The largest absolute Gasteiger partial charge is 0.497 e. The minimum Gasteiger partial charge on any atom is -0.399 e. The first-order chi connectivity index (χ1) is 14.1. The average Bonchev–Trinajstić information content (AvgIpc) is 3.19. The molecular formula is C22H31BFN3O4. The highest BCUT2D eigenvalue weighted by Gasteiger charge is 2.52. The third-order valence-electron chi connectivity index (χ3n) is 6.00. The van der Waals surface area contributed by atoms with Gasteiger partial charge in [0.25, 0.3) is 0 Å². The second-order valence-electron chi connectivity index (χ2n) is 10.2. The Bertz CT molecular complexity index is 981. The standard InChI is InChI=1S/C22H31BFN3O4/c1-12-10-15(23-30-21(6,7)22(8,9)31-23)16(24)11-14(12)13(2)25-17(28)18-26-19(27-29-18)20(3,4)5/h10-11,13H,1-9H3,(H,25,28)/t13-/m1/s1. The molecule has 2 heterocycles. The molecule has 1 atom stereocenters. The van der Waals surface area contributed by atoms with E-state index in [0.29, 0.717) is 16.9 Å². The molecule has 1 amide bonds. The van der Waals surface area contributed by atoms with Gasteiger partial charge in [-0.15, -0.1) is 0 Å². The topological polar surface area (TPSA) is 86.5 Å². The molecule has 0 saturated carbocycles. The number of rotatable bonds is 4. The van der Waals surface area contributed by atoms with E-state index >= 15 is 4.39 Å². The molecular weight excluding hydrogens is 400 g/mol. The number of aromatic nitrogens is 2. The molecule has 0 aliphatic carbocycles. The molecule has 1 aromatic carbocycles. The Kier molecular flexibility index (Phi) is 5.82. The van der Waals surface area contributed by atoms with Crippen LogP contribution in [0.5, 0.6) is 0 Å². The van der Waals surface area contributed by atoms with Gasteiger partial charge >= 0.3 is 18.9 Å².